The van der Waals surface area contributed by atoms with Crippen molar-refractivity contribution in [1.82, 2.24) is 0 Å². The van der Waals surface area contributed by atoms with Crippen LogP contribution in [-0.4, -0.2) is 0 Å². The average Bonchev–Trinajstić information content (AvgIpc) is 2.81. The summed E-state index contributed by atoms with van der Waals surface area (Å²) in [6.45, 7) is 8.78. The van der Waals surface area contributed by atoms with Crippen LogP contribution in [0.4, 0.5) is 0 Å². The maximum atomic E-state index is 6.38. The summed E-state index contributed by atoms with van der Waals surface area (Å²) in [5.74, 6) is 0. The Balaban J connectivity index is 2.31. The molecule has 0 saturated carbocycles. The summed E-state index contributed by atoms with van der Waals surface area (Å²) < 4.78 is 1.12. The molecule has 2 N–H and O–H groups in total. The minimum absolute atomic E-state index is 0.0435. The zero-order valence-electron chi connectivity index (χ0n) is 11.8. The first kappa shape index (κ1) is 14.8. The molecule has 19 heavy (non-hydrogen) atoms. The quantitative estimate of drug-likeness (QED) is 0.804. The number of hydrogen-bond acceptors (Lipinski definition) is 2. The third-order valence-corrected chi connectivity index (χ3v) is 5.68. The van der Waals surface area contributed by atoms with Crippen molar-refractivity contribution in [2.24, 2.45) is 5.73 Å². The van der Waals surface area contributed by atoms with Crippen LogP contribution < -0.4 is 5.73 Å². The van der Waals surface area contributed by atoms with Crippen LogP contribution in [0.3, 0.4) is 0 Å². The fourth-order valence-corrected chi connectivity index (χ4v) is 3.38. The van der Waals surface area contributed by atoms with Gasteiger partial charge in [0.1, 0.15) is 0 Å². The number of nitrogens with two attached hydrogens (primary N) is 1. The molecule has 1 atom stereocenters. The molecule has 0 aliphatic heterocycles. The van der Waals surface area contributed by atoms with Crippen molar-refractivity contribution in [3.05, 3.63) is 55.7 Å². The first-order valence-corrected chi connectivity index (χ1v) is 8.02. The molecule has 0 saturated heterocycles. The molecule has 1 nitrogen and oxygen atoms in total. The van der Waals surface area contributed by atoms with Gasteiger partial charge in [0.15, 0.2) is 0 Å². The predicted octanol–water partition coefficient (Wildman–Crippen LogP) is 5.16. The van der Waals surface area contributed by atoms with Gasteiger partial charge in [0, 0.05) is 14.2 Å². The molecule has 2 aromatic rings. The highest BCUT2D eigenvalue weighted by atomic mass is 79.9. The SMILES string of the molecule is Cc1ccc(C(N)c2ccc(C(C)(C)C)s2)cc1Br. The largest absolute Gasteiger partial charge is 0.320 e. The molecule has 1 heterocycles. The van der Waals surface area contributed by atoms with Crippen LogP contribution >= 0.6 is 27.3 Å². The van der Waals surface area contributed by atoms with Crippen molar-refractivity contribution in [2.45, 2.75) is 39.2 Å². The van der Waals surface area contributed by atoms with Gasteiger partial charge in [-0.05, 0) is 41.7 Å². The first-order chi connectivity index (χ1) is 8.79. The molecular weight excluding hydrogens is 318 g/mol. The fourth-order valence-electron chi connectivity index (χ4n) is 1.89. The molecule has 0 amide bonds. The van der Waals surface area contributed by atoms with Crippen LogP contribution in [0.1, 0.15) is 47.7 Å². The monoisotopic (exact) mass is 337 g/mol. The molecule has 102 valence electrons. The zero-order valence-corrected chi connectivity index (χ0v) is 14.2. The smallest absolute Gasteiger partial charge is 0.0646 e. The number of aryl methyl sites for hydroxylation is 1. The minimum Gasteiger partial charge on any atom is -0.320 e. The second kappa shape index (κ2) is 5.39. The molecule has 0 fully saturated rings. The molecule has 0 aliphatic carbocycles. The Morgan fingerprint density at radius 2 is 1.84 bits per heavy atom. The van der Waals surface area contributed by atoms with Crippen molar-refractivity contribution < 1.29 is 0 Å². The molecule has 1 aromatic carbocycles. The van der Waals surface area contributed by atoms with Gasteiger partial charge in [-0.3, -0.25) is 0 Å². The second-order valence-corrected chi connectivity index (χ2v) is 7.91. The van der Waals surface area contributed by atoms with Gasteiger partial charge in [-0.2, -0.15) is 0 Å². The lowest BCUT2D eigenvalue weighted by atomic mass is 9.95. The van der Waals surface area contributed by atoms with E-state index in [1.807, 2.05) is 11.3 Å². The molecule has 0 radical (unpaired) electrons. The summed E-state index contributed by atoms with van der Waals surface area (Å²) in [5.41, 5.74) is 8.96. The highest BCUT2D eigenvalue weighted by Gasteiger charge is 2.19. The summed E-state index contributed by atoms with van der Waals surface area (Å²) in [5, 5.41) is 0. The second-order valence-electron chi connectivity index (χ2n) is 5.94. The van der Waals surface area contributed by atoms with Gasteiger partial charge in [0.25, 0.3) is 0 Å². The van der Waals surface area contributed by atoms with E-state index >= 15 is 0 Å². The van der Waals surface area contributed by atoms with Crippen molar-refractivity contribution >= 4 is 27.3 Å². The normalized spacial score (nSPS) is 13.6. The molecule has 0 spiro atoms. The first-order valence-electron chi connectivity index (χ1n) is 6.41. The van der Waals surface area contributed by atoms with Crippen molar-refractivity contribution in [1.29, 1.82) is 0 Å². The van der Waals surface area contributed by atoms with E-state index in [1.54, 1.807) is 0 Å². The van der Waals surface area contributed by atoms with E-state index in [9.17, 15) is 0 Å². The summed E-state index contributed by atoms with van der Waals surface area (Å²) >= 11 is 5.38. The van der Waals surface area contributed by atoms with Gasteiger partial charge in [0.2, 0.25) is 0 Å². The minimum atomic E-state index is -0.0435. The summed E-state index contributed by atoms with van der Waals surface area (Å²) in [7, 11) is 0. The van der Waals surface area contributed by atoms with Crippen LogP contribution in [0.15, 0.2) is 34.8 Å². The lowest BCUT2D eigenvalue weighted by molar-refractivity contribution is 0.604. The van der Waals surface area contributed by atoms with Crippen molar-refractivity contribution in [3.63, 3.8) is 0 Å². The lowest BCUT2D eigenvalue weighted by Crippen LogP contribution is -2.10. The summed E-state index contributed by atoms with van der Waals surface area (Å²) in [6, 6.07) is 10.7. The third kappa shape index (κ3) is 3.28. The van der Waals surface area contributed by atoms with E-state index in [4.69, 9.17) is 5.73 Å². The number of hydrogen-bond donors (Lipinski definition) is 1. The summed E-state index contributed by atoms with van der Waals surface area (Å²) in [6.07, 6.45) is 0. The van der Waals surface area contributed by atoms with Crippen LogP contribution in [0.2, 0.25) is 0 Å². The zero-order chi connectivity index (χ0) is 14.2. The Hall–Kier alpha value is -0.640. The van der Waals surface area contributed by atoms with Crippen LogP contribution in [0.25, 0.3) is 0 Å². The maximum Gasteiger partial charge on any atom is 0.0646 e. The standard InChI is InChI=1S/C16H20BrNS/c1-10-5-6-11(9-12(10)17)15(18)13-7-8-14(19-13)16(2,3)4/h5-9,15H,18H2,1-4H3. The Bertz CT molecular complexity index is 581. The summed E-state index contributed by atoms with van der Waals surface area (Å²) in [4.78, 5) is 2.60. The average molecular weight is 338 g/mol. The van der Waals surface area contributed by atoms with E-state index < -0.39 is 0 Å². The van der Waals surface area contributed by atoms with Crippen LogP contribution in [-0.2, 0) is 5.41 Å². The lowest BCUT2D eigenvalue weighted by Gasteiger charge is -2.16. The van der Waals surface area contributed by atoms with Gasteiger partial charge in [-0.25, -0.2) is 0 Å². The van der Waals surface area contributed by atoms with Crippen LogP contribution in [0.5, 0.6) is 0 Å². The Kier molecular flexibility index (Phi) is 4.19. The third-order valence-electron chi connectivity index (χ3n) is 3.23. The van der Waals surface area contributed by atoms with E-state index in [1.165, 1.54) is 15.3 Å². The molecule has 1 aromatic heterocycles. The Labute approximate surface area is 128 Å². The highest BCUT2D eigenvalue weighted by molar-refractivity contribution is 9.10. The van der Waals surface area contributed by atoms with Gasteiger partial charge >= 0.3 is 0 Å². The Morgan fingerprint density at radius 3 is 2.37 bits per heavy atom. The number of benzene rings is 1. The van der Waals surface area contributed by atoms with Gasteiger partial charge in [0.05, 0.1) is 6.04 Å². The van der Waals surface area contributed by atoms with E-state index in [0.29, 0.717) is 0 Å². The molecule has 1 unspecified atom stereocenters. The van der Waals surface area contributed by atoms with Gasteiger partial charge in [-0.15, -0.1) is 11.3 Å². The fraction of sp³-hybridized carbons (Fsp3) is 0.375. The molecule has 2 rings (SSSR count). The number of thiophene rings is 1. The van der Waals surface area contributed by atoms with Gasteiger partial charge in [-0.1, -0.05) is 48.8 Å². The number of halogens is 1. The van der Waals surface area contributed by atoms with E-state index in [0.717, 1.165) is 10.0 Å². The highest BCUT2D eigenvalue weighted by Crippen LogP contribution is 2.34. The maximum absolute atomic E-state index is 6.38. The topological polar surface area (TPSA) is 26.0 Å². The molecule has 3 heteroatoms. The van der Waals surface area contributed by atoms with Crippen molar-refractivity contribution in [3.8, 4) is 0 Å². The van der Waals surface area contributed by atoms with E-state index in [-0.39, 0.29) is 11.5 Å². The Morgan fingerprint density at radius 1 is 1.16 bits per heavy atom. The number of rotatable bonds is 2. The van der Waals surface area contributed by atoms with Crippen molar-refractivity contribution in [2.75, 3.05) is 0 Å². The van der Waals surface area contributed by atoms with E-state index in [2.05, 4.69) is 74.0 Å². The van der Waals surface area contributed by atoms with Gasteiger partial charge < -0.3 is 5.73 Å². The molecule has 0 bridgehead atoms. The van der Waals surface area contributed by atoms with Crippen LogP contribution in [0, 0.1) is 6.92 Å². The predicted molar refractivity (Wildman–Crippen MR) is 87.9 cm³/mol. The molecule has 0 aliphatic rings. The molecular formula is C16H20BrNS.